The van der Waals surface area contributed by atoms with Crippen LogP contribution in [0.3, 0.4) is 0 Å². The maximum Gasteiger partial charge on any atom is 0.238 e. The lowest BCUT2D eigenvalue weighted by atomic mass is 9.75. The van der Waals surface area contributed by atoms with Gasteiger partial charge in [-0.2, -0.15) is 5.10 Å². The number of rotatable bonds is 15. The molecule has 1 amide bonds. The molecule has 1 aromatic heterocycles. The fraction of sp³-hybridized carbons (Fsp3) is 0.375. The number of primary sulfonamides is 1. The number of nitrogens with two attached hydrogens (primary N) is 1. The van der Waals surface area contributed by atoms with Crippen LogP contribution in [0.15, 0.2) is 83.8 Å². The summed E-state index contributed by atoms with van der Waals surface area (Å²) in [6, 6.07) is 16.3. The maximum absolute atomic E-state index is 12.2. The van der Waals surface area contributed by atoms with Crippen LogP contribution in [0.25, 0.3) is 16.9 Å². The van der Waals surface area contributed by atoms with Crippen molar-refractivity contribution < 1.29 is 17.9 Å². The first-order chi connectivity index (χ1) is 19.7. The Balaban J connectivity index is 1.25. The van der Waals surface area contributed by atoms with Gasteiger partial charge in [0.25, 0.3) is 0 Å². The second-order valence-electron chi connectivity index (χ2n) is 10.6. The molecule has 9 heteroatoms. The second kappa shape index (κ2) is 13.8. The lowest BCUT2D eigenvalue weighted by Gasteiger charge is -2.30. The van der Waals surface area contributed by atoms with E-state index in [2.05, 4.69) is 24.5 Å². The van der Waals surface area contributed by atoms with E-state index in [1.165, 1.54) is 18.6 Å². The van der Waals surface area contributed by atoms with Gasteiger partial charge in [-0.15, -0.1) is 0 Å². The van der Waals surface area contributed by atoms with E-state index in [0.29, 0.717) is 6.54 Å². The van der Waals surface area contributed by atoms with E-state index in [1.807, 2.05) is 28.9 Å². The fourth-order valence-corrected chi connectivity index (χ4v) is 5.66. The van der Waals surface area contributed by atoms with Gasteiger partial charge in [-0.25, -0.2) is 18.2 Å². The minimum absolute atomic E-state index is 0.0457. The van der Waals surface area contributed by atoms with E-state index < -0.39 is 10.0 Å². The van der Waals surface area contributed by atoms with E-state index in [0.717, 1.165) is 90.9 Å². The first-order valence-electron chi connectivity index (χ1n) is 14.2. The fourth-order valence-electron chi connectivity index (χ4n) is 5.15. The molecule has 0 saturated heterocycles. The Morgan fingerprint density at radius 3 is 2.17 bits per heavy atom. The number of amides is 1. The quantitative estimate of drug-likeness (QED) is 0.177. The third-order valence-corrected chi connectivity index (χ3v) is 8.43. The zero-order chi connectivity index (χ0) is 29.4. The Kier molecular flexibility index (Phi) is 10.2. The van der Waals surface area contributed by atoms with Gasteiger partial charge in [0.1, 0.15) is 5.75 Å². The number of methoxy groups -OCH3 is 1. The van der Waals surface area contributed by atoms with Crippen LogP contribution in [0, 0.1) is 5.92 Å². The zero-order valence-corrected chi connectivity index (χ0v) is 24.6. The van der Waals surface area contributed by atoms with Gasteiger partial charge >= 0.3 is 0 Å². The van der Waals surface area contributed by atoms with E-state index >= 15 is 0 Å². The molecule has 0 radical (unpaired) electrons. The van der Waals surface area contributed by atoms with Crippen LogP contribution in [0.1, 0.15) is 57.1 Å². The predicted octanol–water partition coefficient (Wildman–Crippen LogP) is 5.72. The molecule has 1 saturated carbocycles. The minimum Gasteiger partial charge on any atom is -0.497 e. The summed E-state index contributed by atoms with van der Waals surface area (Å²) in [4.78, 5) is 12.2. The van der Waals surface area contributed by atoms with Gasteiger partial charge in [-0.1, -0.05) is 56.4 Å². The largest absolute Gasteiger partial charge is 0.497 e. The number of aromatic nitrogens is 2. The smallest absolute Gasteiger partial charge is 0.238 e. The number of hydrogen-bond donors (Lipinski definition) is 2. The number of nitrogens with zero attached hydrogens (tertiary/aromatic N) is 2. The molecule has 3 aromatic rings. The van der Waals surface area contributed by atoms with Crippen LogP contribution < -0.4 is 15.2 Å². The van der Waals surface area contributed by atoms with Crippen LogP contribution in [0.4, 0.5) is 0 Å². The second-order valence-corrected chi connectivity index (χ2v) is 12.2. The highest BCUT2D eigenvalue weighted by Gasteiger charge is 2.32. The Labute approximate surface area is 243 Å². The van der Waals surface area contributed by atoms with Crippen molar-refractivity contribution in [3.8, 4) is 22.7 Å². The molecule has 0 aliphatic heterocycles. The normalized spacial score (nSPS) is 13.7. The van der Waals surface area contributed by atoms with Gasteiger partial charge in [-0.3, -0.25) is 4.79 Å². The van der Waals surface area contributed by atoms with Crippen molar-refractivity contribution in [3.05, 3.63) is 84.6 Å². The number of aryl methyl sites for hydroxylation is 1. The van der Waals surface area contributed by atoms with Crippen LogP contribution in [-0.2, 0) is 21.2 Å². The Morgan fingerprint density at radius 2 is 1.59 bits per heavy atom. The number of nitrogens with one attached hydrogen (secondary N) is 1. The van der Waals surface area contributed by atoms with Gasteiger partial charge in [-0.05, 0) is 80.3 Å². The molecule has 1 heterocycles. The van der Waals surface area contributed by atoms with Crippen LogP contribution in [0.5, 0.6) is 5.75 Å². The van der Waals surface area contributed by atoms with E-state index in [9.17, 15) is 13.2 Å². The molecular weight excluding hydrogens is 536 g/mol. The van der Waals surface area contributed by atoms with Crippen LogP contribution in [0.2, 0.25) is 0 Å². The summed E-state index contributed by atoms with van der Waals surface area (Å²) in [5.41, 5.74) is 5.58. The van der Waals surface area contributed by atoms with Crippen molar-refractivity contribution in [3.63, 3.8) is 0 Å². The molecule has 4 rings (SSSR count). The van der Waals surface area contributed by atoms with Crippen LogP contribution in [-0.4, -0.2) is 37.8 Å². The number of ether oxygens (including phenoxy) is 1. The molecule has 0 bridgehead atoms. The van der Waals surface area contributed by atoms with Crippen molar-refractivity contribution >= 4 is 15.9 Å². The molecule has 0 spiro atoms. The summed E-state index contributed by atoms with van der Waals surface area (Å²) in [5, 5.41) is 13.1. The minimum atomic E-state index is -3.77. The van der Waals surface area contributed by atoms with Crippen molar-refractivity contribution in [1.29, 1.82) is 0 Å². The highest BCUT2D eigenvalue weighted by atomic mass is 32.2. The van der Waals surface area contributed by atoms with Gasteiger partial charge in [0.15, 0.2) is 0 Å². The number of unbranched alkanes of at least 4 members (excludes halogenated alkanes) is 6. The molecule has 41 heavy (non-hydrogen) atoms. The van der Waals surface area contributed by atoms with Crippen molar-refractivity contribution in [2.75, 3.05) is 13.7 Å². The Morgan fingerprint density at radius 1 is 0.976 bits per heavy atom. The molecule has 218 valence electrons. The molecule has 8 nitrogen and oxygen atoms in total. The van der Waals surface area contributed by atoms with Gasteiger partial charge < -0.3 is 10.1 Å². The molecule has 0 atom stereocenters. The van der Waals surface area contributed by atoms with E-state index in [4.69, 9.17) is 15.0 Å². The lowest BCUT2D eigenvalue weighted by molar-refractivity contribution is -0.123. The Hall–Kier alpha value is -3.69. The van der Waals surface area contributed by atoms with Crippen molar-refractivity contribution in [2.24, 2.45) is 11.1 Å². The van der Waals surface area contributed by atoms with Crippen LogP contribution >= 0.6 is 0 Å². The molecule has 1 fully saturated rings. The summed E-state index contributed by atoms with van der Waals surface area (Å²) in [6.45, 7) is 8.55. The molecule has 2 aromatic carbocycles. The lowest BCUT2D eigenvalue weighted by Crippen LogP contribution is -2.37. The van der Waals surface area contributed by atoms with Gasteiger partial charge in [0.2, 0.25) is 15.9 Å². The molecule has 3 N–H and O–H groups in total. The summed E-state index contributed by atoms with van der Waals surface area (Å²) < 4.78 is 30.5. The number of benzene rings is 2. The highest BCUT2D eigenvalue weighted by Crippen LogP contribution is 2.36. The highest BCUT2D eigenvalue weighted by molar-refractivity contribution is 7.89. The molecular formula is C32H40N4O4S. The van der Waals surface area contributed by atoms with Crippen molar-refractivity contribution in [1.82, 2.24) is 15.1 Å². The first-order valence-corrected chi connectivity index (χ1v) is 15.7. The number of sulfonamides is 1. The average molecular weight is 577 g/mol. The monoisotopic (exact) mass is 576 g/mol. The predicted molar refractivity (Wildman–Crippen MR) is 162 cm³/mol. The van der Waals surface area contributed by atoms with Crippen molar-refractivity contribution in [2.45, 2.75) is 62.7 Å². The summed E-state index contributed by atoms with van der Waals surface area (Å²) >= 11 is 0. The van der Waals surface area contributed by atoms with E-state index in [-0.39, 0.29) is 16.7 Å². The summed E-state index contributed by atoms with van der Waals surface area (Å²) in [5.74, 6) is 0.641. The standard InChI is InChI=1S/C32H40N4O4S/c1-23-21-24(2)31(23)32(37)34-20-10-8-6-4-5-7-9-11-26-22-30(25-12-16-28(40-3)17-13-25)36(35-26)27-14-18-29(19-15-27)41(33,38)39/h12-19,22,31H,1-2,4-11,20-21H2,3H3,(H,34,37)(H2,33,38,39). The van der Waals surface area contributed by atoms with Gasteiger partial charge in [0.05, 0.1) is 35.0 Å². The molecule has 1 aliphatic carbocycles. The third-order valence-electron chi connectivity index (χ3n) is 7.50. The topological polar surface area (TPSA) is 116 Å². The Bertz CT molecular complexity index is 1460. The molecule has 0 unspecified atom stereocenters. The van der Waals surface area contributed by atoms with E-state index in [1.54, 1.807) is 19.2 Å². The summed E-state index contributed by atoms with van der Waals surface area (Å²) in [6.07, 6.45) is 9.37. The zero-order valence-electron chi connectivity index (χ0n) is 23.8. The summed E-state index contributed by atoms with van der Waals surface area (Å²) in [7, 11) is -2.13. The maximum atomic E-state index is 12.2. The average Bonchev–Trinajstić information content (AvgIpc) is 3.37. The third kappa shape index (κ3) is 7.95. The SMILES string of the molecule is C=C1CC(=C)C1C(=O)NCCCCCCCCCc1cc(-c2ccc(OC)cc2)n(-c2ccc(S(N)(=O)=O)cc2)n1. The number of hydrogen-bond acceptors (Lipinski definition) is 5. The number of carbonyl (C=O) groups excluding carboxylic acids is 1. The van der Waals surface area contributed by atoms with Gasteiger partial charge in [0, 0.05) is 12.1 Å². The number of carbonyl (C=O) groups is 1. The molecule has 1 aliphatic rings. The first kappa shape index (κ1) is 30.3.